The summed E-state index contributed by atoms with van der Waals surface area (Å²) < 4.78 is 1.05. The molecule has 0 aromatic heterocycles. The average Bonchev–Trinajstić information content (AvgIpc) is 2.40. The maximum absolute atomic E-state index is 12.1. The molecule has 1 heterocycles. The number of hydrogen-bond acceptors (Lipinski definition) is 1. The van der Waals surface area contributed by atoms with Gasteiger partial charge in [0.25, 0.3) is 5.91 Å². The molecule has 0 aliphatic carbocycles. The van der Waals surface area contributed by atoms with Gasteiger partial charge >= 0.3 is 0 Å². The largest absolute Gasteiger partial charge is 0.345 e. The van der Waals surface area contributed by atoms with Crippen molar-refractivity contribution < 1.29 is 9.69 Å². The Hall–Kier alpha value is -0.870. The molecule has 2 rings (SSSR count). The van der Waals surface area contributed by atoms with Gasteiger partial charge in [0.05, 0.1) is 19.1 Å². The van der Waals surface area contributed by atoms with E-state index in [0.29, 0.717) is 6.54 Å². The summed E-state index contributed by atoms with van der Waals surface area (Å²) in [4.78, 5) is 13.5. The quantitative estimate of drug-likeness (QED) is 0.868. The lowest BCUT2D eigenvalue weighted by Gasteiger charge is -2.24. The SMILES string of the molecule is C[C@@H](NC(=O)C[NH+]1CCCCC1)c1ccccc1Br. The van der Waals surface area contributed by atoms with E-state index in [1.807, 2.05) is 31.2 Å². The van der Waals surface area contributed by atoms with Crippen molar-refractivity contribution >= 4 is 21.8 Å². The van der Waals surface area contributed by atoms with Crippen LogP contribution in [-0.4, -0.2) is 25.5 Å². The van der Waals surface area contributed by atoms with E-state index < -0.39 is 0 Å². The van der Waals surface area contributed by atoms with Crippen LogP contribution in [0.15, 0.2) is 28.7 Å². The van der Waals surface area contributed by atoms with Crippen molar-refractivity contribution in [2.75, 3.05) is 19.6 Å². The fraction of sp³-hybridized carbons (Fsp3) is 0.533. The van der Waals surface area contributed by atoms with E-state index in [2.05, 4.69) is 21.2 Å². The van der Waals surface area contributed by atoms with Crippen LogP contribution in [0.1, 0.15) is 37.8 Å². The van der Waals surface area contributed by atoms with E-state index in [1.54, 1.807) is 0 Å². The van der Waals surface area contributed by atoms with Crippen LogP contribution in [0.25, 0.3) is 0 Å². The molecule has 0 radical (unpaired) electrons. The van der Waals surface area contributed by atoms with Crippen LogP contribution in [0.2, 0.25) is 0 Å². The zero-order valence-electron chi connectivity index (χ0n) is 11.4. The van der Waals surface area contributed by atoms with Crippen LogP contribution in [-0.2, 0) is 4.79 Å². The first-order valence-corrected chi connectivity index (χ1v) is 7.83. The predicted molar refractivity (Wildman–Crippen MR) is 80.1 cm³/mol. The molecule has 1 saturated heterocycles. The number of likely N-dealkylation sites (tertiary alicyclic amines) is 1. The lowest BCUT2D eigenvalue weighted by atomic mass is 10.1. The Bertz CT molecular complexity index is 430. The van der Waals surface area contributed by atoms with E-state index in [0.717, 1.165) is 23.1 Å². The molecule has 1 aliphatic heterocycles. The van der Waals surface area contributed by atoms with Crippen LogP contribution in [0.3, 0.4) is 0 Å². The molecule has 1 atom stereocenters. The summed E-state index contributed by atoms with van der Waals surface area (Å²) in [6.07, 6.45) is 3.82. The normalized spacial score (nSPS) is 18.0. The number of benzene rings is 1. The highest BCUT2D eigenvalue weighted by Crippen LogP contribution is 2.22. The molecule has 1 aromatic carbocycles. The molecule has 1 aromatic rings. The van der Waals surface area contributed by atoms with Gasteiger partial charge in [-0.3, -0.25) is 4.79 Å². The molecule has 3 nitrogen and oxygen atoms in total. The van der Waals surface area contributed by atoms with Crippen molar-refractivity contribution in [2.24, 2.45) is 0 Å². The fourth-order valence-electron chi connectivity index (χ4n) is 2.65. The van der Waals surface area contributed by atoms with Gasteiger partial charge in [0.2, 0.25) is 0 Å². The molecule has 0 spiro atoms. The summed E-state index contributed by atoms with van der Waals surface area (Å²) >= 11 is 3.53. The van der Waals surface area contributed by atoms with Crippen molar-refractivity contribution in [3.05, 3.63) is 34.3 Å². The van der Waals surface area contributed by atoms with E-state index >= 15 is 0 Å². The molecule has 19 heavy (non-hydrogen) atoms. The highest BCUT2D eigenvalue weighted by Gasteiger charge is 2.19. The minimum Gasteiger partial charge on any atom is -0.345 e. The van der Waals surface area contributed by atoms with Gasteiger partial charge < -0.3 is 10.2 Å². The Balaban J connectivity index is 1.86. The van der Waals surface area contributed by atoms with Crippen LogP contribution in [0, 0.1) is 0 Å². The van der Waals surface area contributed by atoms with Gasteiger partial charge in [-0.15, -0.1) is 0 Å². The summed E-state index contributed by atoms with van der Waals surface area (Å²) in [5, 5.41) is 3.09. The maximum Gasteiger partial charge on any atom is 0.275 e. The molecule has 1 aliphatic rings. The third kappa shape index (κ3) is 4.32. The molecule has 0 saturated carbocycles. The standard InChI is InChI=1S/C15H21BrN2O/c1-12(13-7-3-4-8-14(13)16)17-15(19)11-18-9-5-2-6-10-18/h3-4,7-8,12H,2,5-6,9-11H2,1H3,(H,17,19)/p+1/t12-/m1/s1. The topological polar surface area (TPSA) is 33.5 Å². The number of hydrogen-bond donors (Lipinski definition) is 2. The number of carbonyl (C=O) groups is 1. The Morgan fingerprint density at radius 2 is 2.00 bits per heavy atom. The van der Waals surface area contributed by atoms with Crippen LogP contribution in [0.4, 0.5) is 0 Å². The highest BCUT2D eigenvalue weighted by molar-refractivity contribution is 9.10. The van der Waals surface area contributed by atoms with Gasteiger partial charge in [0.15, 0.2) is 6.54 Å². The van der Waals surface area contributed by atoms with Crippen molar-refractivity contribution in [1.29, 1.82) is 0 Å². The van der Waals surface area contributed by atoms with Gasteiger partial charge in [0, 0.05) is 4.47 Å². The van der Waals surface area contributed by atoms with Gasteiger partial charge in [0.1, 0.15) is 0 Å². The summed E-state index contributed by atoms with van der Waals surface area (Å²) in [5.41, 5.74) is 1.13. The van der Waals surface area contributed by atoms with Crippen LogP contribution < -0.4 is 10.2 Å². The molecule has 1 fully saturated rings. The highest BCUT2D eigenvalue weighted by atomic mass is 79.9. The lowest BCUT2D eigenvalue weighted by Crippen LogP contribution is -3.13. The zero-order chi connectivity index (χ0) is 13.7. The average molecular weight is 326 g/mol. The smallest absolute Gasteiger partial charge is 0.275 e. The molecule has 104 valence electrons. The molecule has 0 unspecified atom stereocenters. The lowest BCUT2D eigenvalue weighted by molar-refractivity contribution is -0.896. The van der Waals surface area contributed by atoms with Gasteiger partial charge in [-0.1, -0.05) is 34.1 Å². The molecule has 4 heteroatoms. The van der Waals surface area contributed by atoms with E-state index in [-0.39, 0.29) is 11.9 Å². The monoisotopic (exact) mass is 325 g/mol. The predicted octanol–water partition coefficient (Wildman–Crippen LogP) is 1.70. The maximum atomic E-state index is 12.1. The fourth-order valence-corrected chi connectivity index (χ4v) is 3.28. The Morgan fingerprint density at radius 1 is 1.32 bits per heavy atom. The number of rotatable bonds is 4. The number of carbonyl (C=O) groups excluding carboxylic acids is 1. The number of nitrogens with one attached hydrogen (secondary N) is 2. The Morgan fingerprint density at radius 3 is 2.68 bits per heavy atom. The summed E-state index contributed by atoms with van der Waals surface area (Å²) in [6, 6.07) is 8.09. The van der Waals surface area contributed by atoms with E-state index in [9.17, 15) is 4.79 Å². The minimum absolute atomic E-state index is 0.0484. The Labute approximate surface area is 123 Å². The number of piperidine rings is 1. The number of halogens is 1. The second-order valence-electron chi connectivity index (χ2n) is 5.30. The summed E-state index contributed by atoms with van der Waals surface area (Å²) in [6.45, 7) is 4.91. The van der Waals surface area contributed by atoms with E-state index in [4.69, 9.17) is 0 Å². The molecule has 2 N–H and O–H groups in total. The van der Waals surface area contributed by atoms with Crippen LogP contribution in [0.5, 0.6) is 0 Å². The van der Waals surface area contributed by atoms with Crippen molar-refractivity contribution in [3.8, 4) is 0 Å². The minimum atomic E-state index is 0.0484. The molecule has 1 amide bonds. The first-order valence-electron chi connectivity index (χ1n) is 7.04. The first kappa shape index (κ1) is 14.5. The molecule has 0 bridgehead atoms. The number of quaternary nitrogens is 1. The summed E-state index contributed by atoms with van der Waals surface area (Å²) in [7, 11) is 0. The van der Waals surface area contributed by atoms with Gasteiger partial charge in [-0.05, 0) is 37.8 Å². The number of amides is 1. The first-order chi connectivity index (χ1) is 9.16. The van der Waals surface area contributed by atoms with Crippen molar-refractivity contribution in [1.82, 2.24) is 5.32 Å². The third-order valence-electron chi connectivity index (χ3n) is 3.72. The van der Waals surface area contributed by atoms with Crippen molar-refractivity contribution in [2.45, 2.75) is 32.2 Å². The van der Waals surface area contributed by atoms with Gasteiger partial charge in [-0.25, -0.2) is 0 Å². The second-order valence-corrected chi connectivity index (χ2v) is 6.15. The van der Waals surface area contributed by atoms with Crippen molar-refractivity contribution in [3.63, 3.8) is 0 Å². The molecular formula is C15H22BrN2O+. The van der Waals surface area contributed by atoms with E-state index in [1.165, 1.54) is 24.2 Å². The second kappa shape index (κ2) is 7.06. The van der Waals surface area contributed by atoms with Crippen LogP contribution >= 0.6 is 15.9 Å². The molecular weight excluding hydrogens is 304 g/mol. The summed E-state index contributed by atoms with van der Waals surface area (Å²) in [5.74, 6) is 0.153. The third-order valence-corrected chi connectivity index (χ3v) is 4.44. The zero-order valence-corrected chi connectivity index (χ0v) is 13.0. The van der Waals surface area contributed by atoms with Gasteiger partial charge in [-0.2, -0.15) is 0 Å². The Kier molecular flexibility index (Phi) is 5.40.